The number of aromatic amines is 1. The molecule has 0 amide bonds. The van der Waals surface area contributed by atoms with Gasteiger partial charge in [-0.1, -0.05) is 27.2 Å². The van der Waals surface area contributed by atoms with Gasteiger partial charge in [0.2, 0.25) is 0 Å². The molecule has 0 unspecified atom stereocenters. The number of nitrogens with one attached hydrogen (secondary N) is 2. The minimum absolute atomic E-state index is 0.213. The molecule has 0 spiro atoms. The number of anilines is 1. The van der Waals surface area contributed by atoms with Crippen LogP contribution in [0.25, 0.3) is 0 Å². The van der Waals surface area contributed by atoms with Gasteiger partial charge in [0, 0.05) is 17.9 Å². The molecule has 1 aliphatic heterocycles. The van der Waals surface area contributed by atoms with Crippen LogP contribution in [0.1, 0.15) is 75.8 Å². The van der Waals surface area contributed by atoms with Gasteiger partial charge in [-0.15, -0.1) is 0 Å². The van der Waals surface area contributed by atoms with Gasteiger partial charge in [0.1, 0.15) is 17.3 Å². The van der Waals surface area contributed by atoms with Crippen LogP contribution in [0.4, 0.5) is 5.82 Å². The van der Waals surface area contributed by atoms with E-state index in [1.807, 2.05) is 0 Å². The Labute approximate surface area is 133 Å². The van der Waals surface area contributed by atoms with Gasteiger partial charge in [-0.3, -0.25) is 5.32 Å². The highest BCUT2D eigenvalue weighted by atomic mass is 16.5. The Kier molecular flexibility index (Phi) is 5.08. The minimum atomic E-state index is -0.213. The van der Waals surface area contributed by atoms with Crippen molar-refractivity contribution in [2.75, 3.05) is 11.9 Å². The van der Waals surface area contributed by atoms with Gasteiger partial charge in [0.15, 0.2) is 0 Å². The number of nitriles is 1. The quantitative estimate of drug-likeness (QED) is 0.846. The lowest BCUT2D eigenvalue weighted by Gasteiger charge is -2.33. The number of hydrogen-bond donors (Lipinski definition) is 1. The predicted octanol–water partition coefficient (Wildman–Crippen LogP) is 3.56. The summed E-state index contributed by atoms with van der Waals surface area (Å²) in [7, 11) is 0. The molecule has 0 saturated carbocycles. The van der Waals surface area contributed by atoms with Gasteiger partial charge in [-0.05, 0) is 25.8 Å². The molecule has 4 nitrogen and oxygen atoms in total. The van der Waals surface area contributed by atoms with E-state index < -0.39 is 0 Å². The van der Waals surface area contributed by atoms with Gasteiger partial charge >= 0.3 is 0 Å². The second kappa shape index (κ2) is 6.66. The zero-order valence-corrected chi connectivity index (χ0v) is 14.5. The van der Waals surface area contributed by atoms with Crippen molar-refractivity contribution in [1.29, 1.82) is 5.26 Å². The smallest absolute Gasteiger partial charge is 0.290 e. The highest BCUT2D eigenvalue weighted by Crippen LogP contribution is 2.34. The molecule has 0 saturated heterocycles. The summed E-state index contributed by atoms with van der Waals surface area (Å²) in [6.45, 7) is 12.2. The SMILES string of the molecule is CCCCNc1[nH+]c(C(C)C)c2c(c1C#N)CC(C)(C)OC2. The molecule has 1 aromatic heterocycles. The maximum atomic E-state index is 9.68. The summed E-state index contributed by atoms with van der Waals surface area (Å²) in [6, 6.07) is 2.41. The number of unbranched alkanes of at least 4 members (excludes halogenated alkanes) is 1. The zero-order chi connectivity index (χ0) is 16.3. The summed E-state index contributed by atoms with van der Waals surface area (Å²) in [6.07, 6.45) is 3.02. The molecular weight excluding hydrogens is 274 g/mol. The normalized spacial score (nSPS) is 16.2. The zero-order valence-electron chi connectivity index (χ0n) is 14.5. The van der Waals surface area contributed by atoms with Crippen LogP contribution in [0.5, 0.6) is 0 Å². The van der Waals surface area contributed by atoms with E-state index in [1.165, 1.54) is 11.3 Å². The Morgan fingerprint density at radius 2 is 2.09 bits per heavy atom. The van der Waals surface area contributed by atoms with Crippen molar-refractivity contribution in [3.63, 3.8) is 0 Å². The summed E-state index contributed by atoms with van der Waals surface area (Å²) >= 11 is 0. The molecule has 22 heavy (non-hydrogen) atoms. The number of nitrogens with zero attached hydrogens (tertiary/aromatic N) is 1. The Morgan fingerprint density at radius 3 is 2.68 bits per heavy atom. The van der Waals surface area contributed by atoms with Crippen LogP contribution >= 0.6 is 0 Å². The molecule has 2 heterocycles. The first-order valence-electron chi connectivity index (χ1n) is 8.28. The summed E-state index contributed by atoms with van der Waals surface area (Å²) in [5.41, 5.74) is 4.05. The monoisotopic (exact) mass is 302 g/mol. The number of aromatic nitrogens is 1. The Bertz CT molecular complexity index is 585. The second-order valence-corrected chi connectivity index (χ2v) is 7.02. The lowest BCUT2D eigenvalue weighted by Crippen LogP contribution is -2.36. The third-order valence-electron chi connectivity index (χ3n) is 4.23. The van der Waals surface area contributed by atoms with Crippen molar-refractivity contribution < 1.29 is 9.72 Å². The minimum Gasteiger partial charge on any atom is -0.370 e. The molecule has 2 N–H and O–H groups in total. The average molecular weight is 302 g/mol. The number of H-pyrrole nitrogens is 1. The molecule has 1 aromatic rings. The first kappa shape index (κ1) is 16.8. The summed E-state index contributed by atoms with van der Waals surface area (Å²) in [4.78, 5) is 3.46. The van der Waals surface area contributed by atoms with Crippen molar-refractivity contribution in [1.82, 2.24) is 0 Å². The number of hydrogen-bond acceptors (Lipinski definition) is 3. The molecular formula is C18H28N3O+. The third kappa shape index (κ3) is 3.41. The summed E-state index contributed by atoms with van der Waals surface area (Å²) < 4.78 is 5.97. The largest absolute Gasteiger partial charge is 0.370 e. The molecule has 0 aromatic carbocycles. The van der Waals surface area contributed by atoms with Gasteiger partial charge in [0.05, 0.1) is 18.8 Å². The molecule has 4 heteroatoms. The lowest BCUT2D eigenvalue weighted by molar-refractivity contribution is -0.378. The molecule has 2 rings (SSSR count). The fourth-order valence-electron chi connectivity index (χ4n) is 2.98. The van der Waals surface area contributed by atoms with Gasteiger partial charge in [-0.25, -0.2) is 4.98 Å². The first-order valence-corrected chi connectivity index (χ1v) is 8.28. The summed E-state index contributed by atoms with van der Waals surface area (Å²) in [5, 5.41) is 13.1. The van der Waals surface area contributed by atoms with Crippen molar-refractivity contribution >= 4 is 5.82 Å². The van der Waals surface area contributed by atoms with Gasteiger partial charge in [0.25, 0.3) is 5.82 Å². The van der Waals surface area contributed by atoms with E-state index in [2.05, 4.69) is 51.0 Å². The Morgan fingerprint density at radius 1 is 1.36 bits per heavy atom. The van der Waals surface area contributed by atoms with Crippen molar-refractivity contribution in [3.05, 3.63) is 22.4 Å². The fraction of sp³-hybridized carbons (Fsp3) is 0.667. The maximum Gasteiger partial charge on any atom is 0.290 e. The summed E-state index contributed by atoms with van der Waals surface area (Å²) in [5.74, 6) is 1.24. The lowest BCUT2D eigenvalue weighted by atomic mass is 9.86. The van der Waals surface area contributed by atoms with Crippen molar-refractivity contribution in [3.8, 4) is 6.07 Å². The van der Waals surface area contributed by atoms with E-state index in [0.717, 1.165) is 42.8 Å². The standard InChI is InChI=1S/C18H27N3O/c1-6-7-8-20-17-14(10-19)13-9-18(4,5)22-11-15(13)16(21-17)12(2)3/h12H,6-9,11H2,1-5H3,(H,20,21)/p+1. The molecule has 1 aliphatic rings. The number of ether oxygens (including phenoxy) is 1. The van der Waals surface area contributed by atoms with Crippen LogP contribution in [-0.2, 0) is 17.8 Å². The van der Waals surface area contributed by atoms with Crippen LogP contribution < -0.4 is 10.3 Å². The molecule has 0 atom stereocenters. The maximum absolute atomic E-state index is 9.68. The van der Waals surface area contributed by atoms with Crippen molar-refractivity contribution in [2.45, 2.75) is 72.0 Å². The topological polar surface area (TPSA) is 59.2 Å². The Balaban J connectivity index is 2.52. The van der Waals surface area contributed by atoms with Crippen LogP contribution in [0.3, 0.4) is 0 Å². The van der Waals surface area contributed by atoms with Crippen molar-refractivity contribution in [2.24, 2.45) is 0 Å². The van der Waals surface area contributed by atoms with E-state index >= 15 is 0 Å². The molecule has 0 bridgehead atoms. The van der Waals surface area contributed by atoms with Gasteiger partial charge < -0.3 is 4.74 Å². The molecule has 0 aliphatic carbocycles. The number of pyridine rings is 1. The van der Waals surface area contributed by atoms with Crippen LogP contribution in [0.2, 0.25) is 0 Å². The van der Waals surface area contributed by atoms with E-state index in [1.54, 1.807) is 0 Å². The Hall–Kier alpha value is -1.60. The number of fused-ring (bicyclic) bond motifs is 1. The predicted molar refractivity (Wildman–Crippen MR) is 87.8 cm³/mol. The third-order valence-corrected chi connectivity index (χ3v) is 4.23. The van der Waals surface area contributed by atoms with Crippen LogP contribution in [-0.4, -0.2) is 12.1 Å². The fourth-order valence-corrected chi connectivity index (χ4v) is 2.98. The second-order valence-electron chi connectivity index (χ2n) is 7.02. The average Bonchev–Trinajstić information content (AvgIpc) is 2.45. The van der Waals surface area contributed by atoms with Crippen LogP contribution in [0.15, 0.2) is 0 Å². The highest BCUT2D eigenvalue weighted by Gasteiger charge is 2.34. The highest BCUT2D eigenvalue weighted by molar-refractivity contribution is 5.56. The van der Waals surface area contributed by atoms with E-state index in [-0.39, 0.29) is 5.60 Å². The molecule has 0 radical (unpaired) electrons. The van der Waals surface area contributed by atoms with E-state index in [9.17, 15) is 5.26 Å². The van der Waals surface area contributed by atoms with E-state index in [0.29, 0.717) is 12.5 Å². The number of rotatable bonds is 5. The molecule has 120 valence electrons. The molecule has 0 fully saturated rings. The van der Waals surface area contributed by atoms with Gasteiger partial charge in [-0.2, -0.15) is 5.26 Å². The van der Waals surface area contributed by atoms with E-state index in [4.69, 9.17) is 4.74 Å². The first-order chi connectivity index (χ1) is 10.4. The van der Waals surface area contributed by atoms with Crippen LogP contribution in [0, 0.1) is 11.3 Å².